The number of aromatic nitrogens is 1. The molecule has 2 rings (SSSR count). The van der Waals surface area contributed by atoms with E-state index in [1.165, 1.54) is 11.6 Å². The van der Waals surface area contributed by atoms with Gasteiger partial charge in [0.05, 0.1) is 11.9 Å². The summed E-state index contributed by atoms with van der Waals surface area (Å²) in [4.78, 5) is 16.6. The van der Waals surface area contributed by atoms with Crippen molar-refractivity contribution >= 4 is 17.3 Å². The lowest BCUT2D eigenvalue weighted by molar-refractivity contribution is 0.0690. The highest BCUT2D eigenvalue weighted by molar-refractivity contribution is 5.85. The van der Waals surface area contributed by atoms with Gasteiger partial charge in [0.2, 0.25) is 0 Å². The van der Waals surface area contributed by atoms with Crippen molar-refractivity contribution in [3.63, 3.8) is 0 Å². The van der Waals surface area contributed by atoms with Crippen LogP contribution in [0.3, 0.4) is 0 Å². The van der Waals surface area contributed by atoms with Gasteiger partial charge in [-0.05, 0) is 36.8 Å². The monoisotopic (exact) mass is 242 g/mol. The van der Waals surface area contributed by atoms with Crippen LogP contribution in [-0.2, 0) is 0 Å². The SMILES string of the molecule is Cc1cccc(N(C)c2ccc(C(=O)O)nc2)c1. The molecule has 0 aliphatic rings. The number of anilines is 2. The van der Waals surface area contributed by atoms with Crippen molar-refractivity contribution in [3.05, 3.63) is 53.9 Å². The summed E-state index contributed by atoms with van der Waals surface area (Å²) in [5.41, 5.74) is 3.12. The molecule has 2 aromatic rings. The zero-order chi connectivity index (χ0) is 13.1. The van der Waals surface area contributed by atoms with Crippen LogP contribution in [0, 0.1) is 6.92 Å². The van der Waals surface area contributed by atoms with Crippen LogP contribution in [0.5, 0.6) is 0 Å². The summed E-state index contributed by atoms with van der Waals surface area (Å²) in [6.45, 7) is 2.03. The molecule has 1 aromatic heterocycles. The molecule has 0 unspecified atom stereocenters. The van der Waals surface area contributed by atoms with E-state index in [-0.39, 0.29) is 5.69 Å². The predicted octanol–water partition coefficient (Wildman–Crippen LogP) is 2.86. The van der Waals surface area contributed by atoms with E-state index in [1.807, 2.05) is 37.1 Å². The molecule has 4 heteroatoms. The van der Waals surface area contributed by atoms with Gasteiger partial charge in [-0.2, -0.15) is 0 Å². The van der Waals surface area contributed by atoms with Crippen LogP contribution in [0.2, 0.25) is 0 Å². The Morgan fingerprint density at radius 2 is 2.00 bits per heavy atom. The fourth-order valence-electron chi connectivity index (χ4n) is 1.70. The highest BCUT2D eigenvalue weighted by Gasteiger charge is 2.07. The summed E-state index contributed by atoms with van der Waals surface area (Å²) in [5, 5.41) is 8.79. The second-order valence-electron chi connectivity index (χ2n) is 4.10. The summed E-state index contributed by atoms with van der Waals surface area (Å²) in [6.07, 6.45) is 1.56. The average Bonchev–Trinajstić information content (AvgIpc) is 2.38. The molecule has 92 valence electrons. The van der Waals surface area contributed by atoms with Gasteiger partial charge in [-0.1, -0.05) is 12.1 Å². The molecule has 0 amide bonds. The van der Waals surface area contributed by atoms with Gasteiger partial charge >= 0.3 is 5.97 Å². The minimum Gasteiger partial charge on any atom is -0.477 e. The van der Waals surface area contributed by atoms with E-state index in [9.17, 15) is 4.79 Å². The fraction of sp³-hybridized carbons (Fsp3) is 0.143. The number of hydrogen-bond donors (Lipinski definition) is 1. The van der Waals surface area contributed by atoms with Crippen molar-refractivity contribution in [3.8, 4) is 0 Å². The third-order valence-corrected chi connectivity index (χ3v) is 2.74. The smallest absolute Gasteiger partial charge is 0.354 e. The molecule has 0 aliphatic heterocycles. The lowest BCUT2D eigenvalue weighted by atomic mass is 10.2. The predicted molar refractivity (Wildman–Crippen MR) is 70.4 cm³/mol. The van der Waals surface area contributed by atoms with E-state index in [2.05, 4.69) is 11.1 Å². The van der Waals surface area contributed by atoms with E-state index >= 15 is 0 Å². The molecular formula is C14H14N2O2. The number of carboxylic acid groups (broad SMARTS) is 1. The van der Waals surface area contributed by atoms with Crippen LogP contribution in [0.1, 0.15) is 16.1 Å². The minimum atomic E-state index is -1.01. The Bertz CT molecular complexity index is 564. The summed E-state index contributed by atoms with van der Waals surface area (Å²) in [7, 11) is 1.92. The zero-order valence-electron chi connectivity index (χ0n) is 10.3. The second-order valence-corrected chi connectivity index (χ2v) is 4.10. The maximum atomic E-state index is 10.7. The van der Waals surface area contributed by atoms with Gasteiger partial charge in [0, 0.05) is 12.7 Å². The molecule has 18 heavy (non-hydrogen) atoms. The summed E-state index contributed by atoms with van der Waals surface area (Å²) >= 11 is 0. The highest BCUT2D eigenvalue weighted by atomic mass is 16.4. The maximum Gasteiger partial charge on any atom is 0.354 e. The lowest BCUT2D eigenvalue weighted by Crippen LogP contribution is -2.10. The van der Waals surface area contributed by atoms with Crippen LogP contribution in [0.15, 0.2) is 42.6 Å². The van der Waals surface area contributed by atoms with Crippen LogP contribution in [-0.4, -0.2) is 23.1 Å². The van der Waals surface area contributed by atoms with Crippen LogP contribution in [0.4, 0.5) is 11.4 Å². The Balaban J connectivity index is 2.28. The van der Waals surface area contributed by atoms with Crippen LogP contribution < -0.4 is 4.90 Å². The van der Waals surface area contributed by atoms with Gasteiger partial charge in [-0.3, -0.25) is 0 Å². The lowest BCUT2D eigenvalue weighted by Gasteiger charge is -2.19. The molecule has 0 aliphatic carbocycles. The number of rotatable bonds is 3. The first kappa shape index (κ1) is 12.1. The van der Waals surface area contributed by atoms with Gasteiger partial charge in [-0.25, -0.2) is 9.78 Å². The standard InChI is InChI=1S/C14H14N2O2/c1-10-4-3-5-11(8-10)16(2)12-6-7-13(14(17)18)15-9-12/h3-9H,1-2H3,(H,17,18). The second kappa shape index (κ2) is 4.87. The van der Waals surface area contributed by atoms with Crippen molar-refractivity contribution in [2.45, 2.75) is 6.92 Å². The van der Waals surface area contributed by atoms with Crippen molar-refractivity contribution in [1.82, 2.24) is 4.98 Å². The normalized spacial score (nSPS) is 10.1. The third kappa shape index (κ3) is 2.48. The number of benzene rings is 1. The van der Waals surface area contributed by atoms with Crippen molar-refractivity contribution < 1.29 is 9.90 Å². The molecule has 0 atom stereocenters. The Labute approximate surface area is 106 Å². The van der Waals surface area contributed by atoms with E-state index in [4.69, 9.17) is 5.11 Å². The first-order chi connectivity index (χ1) is 8.58. The van der Waals surface area contributed by atoms with Crippen molar-refractivity contribution in [1.29, 1.82) is 0 Å². The van der Waals surface area contributed by atoms with Crippen molar-refractivity contribution in [2.75, 3.05) is 11.9 Å². The molecule has 1 N–H and O–H groups in total. The summed E-state index contributed by atoms with van der Waals surface area (Å²) in [6, 6.07) is 11.3. The molecule has 0 saturated carbocycles. The largest absolute Gasteiger partial charge is 0.477 e. The quantitative estimate of drug-likeness (QED) is 0.899. The van der Waals surface area contributed by atoms with Gasteiger partial charge in [-0.15, -0.1) is 0 Å². The topological polar surface area (TPSA) is 53.4 Å². The first-order valence-electron chi connectivity index (χ1n) is 5.57. The molecule has 0 radical (unpaired) electrons. The molecule has 0 spiro atoms. The third-order valence-electron chi connectivity index (χ3n) is 2.74. The Morgan fingerprint density at radius 1 is 1.22 bits per heavy atom. The van der Waals surface area contributed by atoms with E-state index in [0.717, 1.165) is 11.4 Å². The number of aryl methyl sites for hydroxylation is 1. The molecule has 0 fully saturated rings. The highest BCUT2D eigenvalue weighted by Crippen LogP contribution is 2.23. The van der Waals surface area contributed by atoms with Gasteiger partial charge in [0.1, 0.15) is 5.69 Å². The summed E-state index contributed by atoms with van der Waals surface area (Å²) in [5.74, 6) is -1.01. The van der Waals surface area contributed by atoms with E-state index in [1.54, 1.807) is 12.3 Å². The molecule has 1 heterocycles. The number of pyridine rings is 1. The minimum absolute atomic E-state index is 0.0522. The number of hydrogen-bond acceptors (Lipinski definition) is 3. The summed E-state index contributed by atoms with van der Waals surface area (Å²) < 4.78 is 0. The number of aromatic carboxylic acids is 1. The van der Waals surface area contributed by atoms with Gasteiger partial charge < -0.3 is 10.0 Å². The number of carboxylic acids is 1. The molecule has 0 saturated heterocycles. The van der Waals surface area contributed by atoms with E-state index < -0.39 is 5.97 Å². The van der Waals surface area contributed by atoms with E-state index in [0.29, 0.717) is 0 Å². The zero-order valence-corrected chi connectivity index (χ0v) is 10.3. The maximum absolute atomic E-state index is 10.7. The van der Waals surface area contributed by atoms with Crippen LogP contribution in [0.25, 0.3) is 0 Å². The first-order valence-corrected chi connectivity index (χ1v) is 5.57. The molecule has 4 nitrogen and oxygen atoms in total. The Hall–Kier alpha value is -2.36. The van der Waals surface area contributed by atoms with Crippen LogP contribution >= 0.6 is 0 Å². The Morgan fingerprint density at radius 3 is 2.56 bits per heavy atom. The average molecular weight is 242 g/mol. The molecule has 0 bridgehead atoms. The van der Waals surface area contributed by atoms with Crippen molar-refractivity contribution in [2.24, 2.45) is 0 Å². The fourth-order valence-corrected chi connectivity index (χ4v) is 1.70. The van der Waals surface area contributed by atoms with Gasteiger partial charge in [0.15, 0.2) is 0 Å². The molecule has 1 aromatic carbocycles. The Kier molecular flexibility index (Phi) is 3.28. The van der Waals surface area contributed by atoms with Gasteiger partial charge in [0.25, 0.3) is 0 Å². The number of carbonyl (C=O) groups is 1. The number of nitrogens with zero attached hydrogens (tertiary/aromatic N) is 2. The molecular weight excluding hydrogens is 228 g/mol.